The summed E-state index contributed by atoms with van der Waals surface area (Å²) in [5, 5.41) is 3.33. The first-order valence-electron chi connectivity index (χ1n) is 7.61. The van der Waals surface area contributed by atoms with Crippen molar-refractivity contribution in [3.05, 3.63) is 65.7 Å². The van der Waals surface area contributed by atoms with Crippen LogP contribution in [0.5, 0.6) is 11.5 Å². The summed E-state index contributed by atoms with van der Waals surface area (Å²) in [5.74, 6) is 1.76. The summed E-state index contributed by atoms with van der Waals surface area (Å²) in [5.41, 5.74) is 3.84. The third kappa shape index (κ3) is 3.68. The predicted octanol–water partition coefficient (Wildman–Crippen LogP) is 3.65. The van der Waals surface area contributed by atoms with Crippen LogP contribution in [0.15, 0.2) is 54.6 Å². The molecule has 1 aliphatic rings. The molecule has 3 heteroatoms. The summed E-state index contributed by atoms with van der Waals surface area (Å²) in [7, 11) is 1.67. The minimum Gasteiger partial charge on any atom is -0.497 e. The predicted molar refractivity (Wildman–Crippen MR) is 89.2 cm³/mol. The number of benzene rings is 2. The van der Waals surface area contributed by atoms with E-state index in [1.807, 2.05) is 36.4 Å². The van der Waals surface area contributed by atoms with Crippen molar-refractivity contribution < 1.29 is 9.47 Å². The second-order valence-corrected chi connectivity index (χ2v) is 5.34. The van der Waals surface area contributed by atoms with E-state index >= 15 is 0 Å². The number of hydrogen-bond acceptors (Lipinski definition) is 3. The Morgan fingerprint density at radius 1 is 0.955 bits per heavy atom. The Morgan fingerprint density at radius 2 is 1.68 bits per heavy atom. The monoisotopic (exact) mass is 295 g/mol. The van der Waals surface area contributed by atoms with Gasteiger partial charge in [0.25, 0.3) is 0 Å². The molecule has 114 valence electrons. The minimum absolute atomic E-state index is 0.565. The molecule has 3 nitrogen and oxygen atoms in total. The largest absolute Gasteiger partial charge is 0.497 e. The van der Waals surface area contributed by atoms with Crippen molar-refractivity contribution in [3.63, 3.8) is 0 Å². The Kier molecular flexibility index (Phi) is 4.76. The summed E-state index contributed by atoms with van der Waals surface area (Å²) in [6, 6.07) is 16.3. The molecule has 0 fully saturated rings. The number of rotatable bonds is 5. The smallest absolute Gasteiger partial charge is 0.119 e. The van der Waals surface area contributed by atoms with Gasteiger partial charge in [-0.15, -0.1) is 0 Å². The van der Waals surface area contributed by atoms with Gasteiger partial charge in [-0.2, -0.15) is 0 Å². The summed E-state index contributed by atoms with van der Waals surface area (Å²) in [6.45, 7) is 2.59. The molecule has 1 heterocycles. The van der Waals surface area contributed by atoms with E-state index in [9.17, 15) is 0 Å². The Balaban J connectivity index is 1.59. The molecular weight excluding hydrogens is 274 g/mol. The molecule has 0 aromatic heterocycles. The van der Waals surface area contributed by atoms with Gasteiger partial charge in [-0.3, -0.25) is 0 Å². The van der Waals surface area contributed by atoms with Gasteiger partial charge >= 0.3 is 0 Å². The van der Waals surface area contributed by atoms with Gasteiger partial charge < -0.3 is 14.8 Å². The molecule has 2 aromatic rings. The fraction of sp³-hybridized carbons (Fsp3) is 0.263. The molecule has 0 aliphatic carbocycles. The molecule has 0 amide bonds. The lowest BCUT2D eigenvalue weighted by atomic mass is 10.0. The van der Waals surface area contributed by atoms with E-state index in [4.69, 9.17) is 9.47 Å². The zero-order valence-electron chi connectivity index (χ0n) is 12.8. The van der Waals surface area contributed by atoms with Crippen molar-refractivity contribution in [1.29, 1.82) is 0 Å². The highest BCUT2D eigenvalue weighted by Gasteiger charge is 2.05. The van der Waals surface area contributed by atoms with Crippen molar-refractivity contribution in [2.45, 2.75) is 13.0 Å². The summed E-state index contributed by atoms with van der Waals surface area (Å²) in [4.78, 5) is 0. The molecule has 0 unspecified atom stereocenters. The van der Waals surface area contributed by atoms with Gasteiger partial charge in [0.05, 0.1) is 7.11 Å². The average Bonchev–Trinajstić information content (AvgIpc) is 2.61. The molecule has 0 bridgehead atoms. The van der Waals surface area contributed by atoms with Crippen molar-refractivity contribution in [1.82, 2.24) is 5.32 Å². The topological polar surface area (TPSA) is 30.5 Å². The van der Waals surface area contributed by atoms with Crippen molar-refractivity contribution in [2.75, 3.05) is 20.2 Å². The van der Waals surface area contributed by atoms with Gasteiger partial charge in [-0.1, -0.05) is 30.3 Å². The quantitative estimate of drug-likeness (QED) is 0.913. The number of nitrogens with one attached hydrogen (secondary N) is 1. The molecule has 2 aromatic carbocycles. The molecule has 1 N–H and O–H groups in total. The van der Waals surface area contributed by atoms with Crippen LogP contribution < -0.4 is 14.8 Å². The number of hydrogen-bond donors (Lipinski definition) is 1. The standard InChI is InChI=1S/C19H21NO2/c1-21-18-6-2-15(3-7-18)14-22-19-8-4-16(5-9-19)17-10-12-20-13-11-17/h2-10,20H,11-14H2,1H3. The van der Waals surface area contributed by atoms with E-state index in [2.05, 4.69) is 23.5 Å². The van der Waals surface area contributed by atoms with E-state index in [0.29, 0.717) is 6.61 Å². The Hall–Kier alpha value is -2.26. The molecule has 0 radical (unpaired) electrons. The third-order valence-corrected chi connectivity index (χ3v) is 3.85. The van der Waals surface area contributed by atoms with E-state index in [0.717, 1.165) is 36.6 Å². The Bertz CT molecular complexity index is 629. The van der Waals surface area contributed by atoms with Gasteiger partial charge in [0.15, 0.2) is 0 Å². The van der Waals surface area contributed by atoms with Crippen LogP contribution in [0, 0.1) is 0 Å². The number of ether oxygens (including phenoxy) is 2. The summed E-state index contributed by atoms with van der Waals surface area (Å²) >= 11 is 0. The van der Waals surface area contributed by atoms with E-state index < -0.39 is 0 Å². The lowest BCUT2D eigenvalue weighted by Gasteiger charge is -2.14. The zero-order chi connectivity index (χ0) is 15.2. The van der Waals surface area contributed by atoms with Crippen molar-refractivity contribution >= 4 is 5.57 Å². The second kappa shape index (κ2) is 7.14. The lowest BCUT2D eigenvalue weighted by Crippen LogP contribution is -2.19. The molecule has 1 aliphatic heterocycles. The fourth-order valence-electron chi connectivity index (χ4n) is 2.54. The van der Waals surface area contributed by atoms with Crippen LogP contribution in [0.3, 0.4) is 0 Å². The molecule has 0 saturated carbocycles. The maximum Gasteiger partial charge on any atom is 0.119 e. The summed E-state index contributed by atoms with van der Waals surface area (Å²) in [6.07, 6.45) is 3.35. The maximum absolute atomic E-state index is 5.84. The summed E-state index contributed by atoms with van der Waals surface area (Å²) < 4.78 is 11.0. The molecular formula is C19H21NO2. The Labute approximate surface area is 131 Å². The van der Waals surface area contributed by atoms with Crippen molar-refractivity contribution in [3.8, 4) is 11.5 Å². The molecule has 22 heavy (non-hydrogen) atoms. The van der Waals surface area contributed by atoms with Gasteiger partial charge in [0.1, 0.15) is 18.1 Å². The van der Waals surface area contributed by atoms with Crippen LogP contribution in [0.2, 0.25) is 0 Å². The van der Waals surface area contributed by atoms with Crippen LogP contribution in [0.1, 0.15) is 17.5 Å². The number of methoxy groups -OCH3 is 1. The maximum atomic E-state index is 5.84. The van der Waals surface area contributed by atoms with Crippen LogP contribution >= 0.6 is 0 Å². The van der Waals surface area contributed by atoms with Gasteiger partial charge in [0, 0.05) is 6.54 Å². The molecule has 0 atom stereocenters. The van der Waals surface area contributed by atoms with Gasteiger partial charge in [0.2, 0.25) is 0 Å². The normalized spacial score (nSPS) is 14.3. The first-order valence-corrected chi connectivity index (χ1v) is 7.61. The molecule has 0 saturated heterocycles. The minimum atomic E-state index is 0.565. The second-order valence-electron chi connectivity index (χ2n) is 5.34. The fourth-order valence-corrected chi connectivity index (χ4v) is 2.54. The highest BCUT2D eigenvalue weighted by Crippen LogP contribution is 2.23. The third-order valence-electron chi connectivity index (χ3n) is 3.85. The Morgan fingerprint density at radius 3 is 2.32 bits per heavy atom. The SMILES string of the molecule is COc1ccc(COc2ccc(C3=CCNCC3)cc2)cc1. The first-order chi connectivity index (χ1) is 10.8. The van der Waals surface area contributed by atoms with Gasteiger partial charge in [-0.05, 0) is 53.9 Å². The van der Waals surface area contributed by atoms with E-state index in [1.165, 1.54) is 11.1 Å². The molecule has 3 rings (SSSR count). The van der Waals surface area contributed by atoms with E-state index in [-0.39, 0.29) is 0 Å². The van der Waals surface area contributed by atoms with E-state index in [1.54, 1.807) is 7.11 Å². The van der Waals surface area contributed by atoms with Gasteiger partial charge in [-0.25, -0.2) is 0 Å². The van der Waals surface area contributed by atoms with Crippen molar-refractivity contribution in [2.24, 2.45) is 0 Å². The lowest BCUT2D eigenvalue weighted by molar-refractivity contribution is 0.306. The van der Waals surface area contributed by atoms with Crippen LogP contribution in [-0.4, -0.2) is 20.2 Å². The first kappa shape index (κ1) is 14.7. The molecule has 0 spiro atoms. The van der Waals surface area contributed by atoms with Crippen LogP contribution in [-0.2, 0) is 6.61 Å². The van der Waals surface area contributed by atoms with Crippen LogP contribution in [0.25, 0.3) is 5.57 Å². The highest BCUT2D eigenvalue weighted by molar-refractivity contribution is 5.67. The average molecular weight is 295 g/mol. The highest BCUT2D eigenvalue weighted by atomic mass is 16.5. The van der Waals surface area contributed by atoms with Crippen LogP contribution in [0.4, 0.5) is 0 Å². The zero-order valence-corrected chi connectivity index (χ0v) is 12.8.